The first-order chi connectivity index (χ1) is 17.8. The third-order valence-electron chi connectivity index (χ3n) is 6.06. The number of ketones is 1. The number of aliphatic hydroxyl groups is 1. The van der Waals surface area contributed by atoms with Crippen LogP contribution in [0.2, 0.25) is 0 Å². The predicted octanol–water partition coefficient (Wildman–Crippen LogP) is 6.44. The second-order valence-electron chi connectivity index (χ2n) is 9.66. The van der Waals surface area contributed by atoms with E-state index in [0.717, 1.165) is 12.0 Å². The zero-order valence-corrected chi connectivity index (χ0v) is 21.7. The maximum absolute atomic E-state index is 13.5. The molecule has 1 N–H and O–H groups in total. The second kappa shape index (κ2) is 11.3. The number of Topliss-reactive ketones (excluding diaryl/α,β-unsaturated/α-hetero) is 1. The van der Waals surface area contributed by atoms with Gasteiger partial charge in [-0.3, -0.25) is 14.5 Å². The molecule has 1 aliphatic heterocycles. The van der Waals surface area contributed by atoms with Crippen molar-refractivity contribution in [2.75, 3.05) is 18.1 Å². The number of hydrogen-bond donors (Lipinski definition) is 1. The van der Waals surface area contributed by atoms with Crippen LogP contribution in [-0.4, -0.2) is 30.0 Å². The zero-order valence-electron chi connectivity index (χ0n) is 21.7. The standard InChI is InChI=1S/C31H33NO5/c1-5-15-36-25-13-8-11-23(18-25)29(33)27-28(22-10-7-14-26(17-22)37-19-20(2)3)32(31(35)30(27)34)24-12-6-9-21(4)16-24/h6-14,16-18,20,28,33H,5,15,19H2,1-4H3/b29-27+. The first-order valence-corrected chi connectivity index (χ1v) is 12.6. The summed E-state index contributed by atoms with van der Waals surface area (Å²) in [6.07, 6.45) is 0.840. The summed E-state index contributed by atoms with van der Waals surface area (Å²) in [5.74, 6) is -0.116. The fourth-order valence-corrected chi connectivity index (χ4v) is 4.34. The molecular formula is C31H33NO5. The van der Waals surface area contributed by atoms with Crippen LogP contribution in [0.4, 0.5) is 5.69 Å². The topological polar surface area (TPSA) is 76.1 Å². The first kappa shape index (κ1) is 26.0. The van der Waals surface area contributed by atoms with Crippen LogP contribution in [0.5, 0.6) is 11.5 Å². The van der Waals surface area contributed by atoms with E-state index in [1.165, 1.54) is 4.90 Å². The van der Waals surface area contributed by atoms with E-state index in [-0.39, 0.29) is 11.3 Å². The summed E-state index contributed by atoms with van der Waals surface area (Å²) in [4.78, 5) is 28.3. The summed E-state index contributed by atoms with van der Waals surface area (Å²) < 4.78 is 11.7. The Labute approximate surface area is 218 Å². The van der Waals surface area contributed by atoms with Gasteiger partial charge in [-0.25, -0.2) is 0 Å². The van der Waals surface area contributed by atoms with Gasteiger partial charge in [0.2, 0.25) is 0 Å². The van der Waals surface area contributed by atoms with E-state index in [1.807, 2.05) is 56.3 Å². The van der Waals surface area contributed by atoms with Gasteiger partial charge in [-0.15, -0.1) is 0 Å². The Bertz CT molecular complexity index is 1330. The molecule has 0 saturated carbocycles. The Morgan fingerprint density at radius 2 is 1.65 bits per heavy atom. The Morgan fingerprint density at radius 1 is 0.946 bits per heavy atom. The lowest BCUT2D eigenvalue weighted by atomic mass is 9.95. The average molecular weight is 500 g/mol. The molecular weight excluding hydrogens is 466 g/mol. The smallest absolute Gasteiger partial charge is 0.300 e. The van der Waals surface area contributed by atoms with Crippen LogP contribution in [0.25, 0.3) is 5.76 Å². The predicted molar refractivity (Wildman–Crippen MR) is 145 cm³/mol. The minimum absolute atomic E-state index is 0.0279. The van der Waals surface area contributed by atoms with Gasteiger partial charge in [0.25, 0.3) is 11.7 Å². The molecule has 1 saturated heterocycles. The minimum atomic E-state index is -0.829. The molecule has 1 fully saturated rings. The summed E-state index contributed by atoms with van der Waals surface area (Å²) in [6, 6.07) is 20.9. The Kier molecular flexibility index (Phi) is 7.97. The maximum atomic E-state index is 13.5. The minimum Gasteiger partial charge on any atom is -0.507 e. The average Bonchev–Trinajstić information content (AvgIpc) is 3.16. The van der Waals surface area contributed by atoms with Gasteiger partial charge in [0.1, 0.15) is 17.3 Å². The molecule has 0 spiro atoms. The van der Waals surface area contributed by atoms with Gasteiger partial charge in [-0.2, -0.15) is 0 Å². The Balaban J connectivity index is 1.87. The third kappa shape index (κ3) is 5.69. The summed E-state index contributed by atoms with van der Waals surface area (Å²) in [6.45, 7) is 9.13. The van der Waals surface area contributed by atoms with Crippen LogP contribution < -0.4 is 14.4 Å². The van der Waals surface area contributed by atoms with E-state index in [9.17, 15) is 14.7 Å². The van der Waals surface area contributed by atoms with Crippen LogP contribution in [-0.2, 0) is 9.59 Å². The quantitative estimate of drug-likeness (QED) is 0.208. The monoisotopic (exact) mass is 499 g/mol. The number of nitrogens with zero attached hydrogens (tertiary/aromatic N) is 1. The highest BCUT2D eigenvalue weighted by Gasteiger charge is 2.47. The van der Waals surface area contributed by atoms with Crippen molar-refractivity contribution in [2.45, 2.75) is 40.2 Å². The Hall–Kier alpha value is -4.06. The summed E-state index contributed by atoms with van der Waals surface area (Å²) >= 11 is 0. The van der Waals surface area contributed by atoms with Gasteiger partial charge in [-0.05, 0) is 66.8 Å². The molecule has 3 aromatic carbocycles. The van der Waals surface area contributed by atoms with Gasteiger partial charge in [0, 0.05) is 11.3 Å². The molecule has 1 aliphatic rings. The molecule has 0 bridgehead atoms. The molecule has 192 valence electrons. The molecule has 3 aromatic rings. The molecule has 1 atom stereocenters. The lowest BCUT2D eigenvalue weighted by Crippen LogP contribution is -2.29. The SMILES string of the molecule is CCCOc1cccc(/C(O)=C2\C(=O)C(=O)N(c3cccc(C)c3)C2c2cccc(OCC(C)C)c2)c1. The van der Waals surface area contributed by atoms with Crippen molar-refractivity contribution in [3.63, 3.8) is 0 Å². The maximum Gasteiger partial charge on any atom is 0.300 e. The van der Waals surface area contributed by atoms with E-state index in [4.69, 9.17) is 9.47 Å². The molecule has 6 nitrogen and oxygen atoms in total. The van der Waals surface area contributed by atoms with Crippen molar-refractivity contribution in [3.05, 3.63) is 95.1 Å². The van der Waals surface area contributed by atoms with E-state index in [0.29, 0.717) is 47.4 Å². The van der Waals surface area contributed by atoms with Crippen LogP contribution in [0, 0.1) is 12.8 Å². The van der Waals surface area contributed by atoms with Crippen LogP contribution in [0.1, 0.15) is 49.9 Å². The third-order valence-corrected chi connectivity index (χ3v) is 6.06. The van der Waals surface area contributed by atoms with Crippen LogP contribution in [0.15, 0.2) is 78.4 Å². The lowest BCUT2D eigenvalue weighted by Gasteiger charge is -2.26. The van der Waals surface area contributed by atoms with Crippen molar-refractivity contribution >= 4 is 23.1 Å². The van der Waals surface area contributed by atoms with E-state index >= 15 is 0 Å². The fraction of sp³-hybridized carbons (Fsp3) is 0.290. The van der Waals surface area contributed by atoms with Gasteiger partial charge < -0.3 is 14.6 Å². The number of aliphatic hydroxyl groups excluding tert-OH is 1. The largest absolute Gasteiger partial charge is 0.507 e. The van der Waals surface area contributed by atoms with E-state index < -0.39 is 17.7 Å². The number of carbonyl (C=O) groups excluding carboxylic acids is 2. The van der Waals surface area contributed by atoms with Crippen LogP contribution in [0.3, 0.4) is 0 Å². The lowest BCUT2D eigenvalue weighted by molar-refractivity contribution is -0.132. The zero-order chi connectivity index (χ0) is 26.5. The first-order valence-electron chi connectivity index (χ1n) is 12.6. The number of carbonyl (C=O) groups is 2. The number of benzene rings is 3. The van der Waals surface area contributed by atoms with E-state index in [1.54, 1.807) is 30.3 Å². The summed E-state index contributed by atoms with van der Waals surface area (Å²) in [5, 5.41) is 11.4. The van der Waals surface area contributed by atoms with Gasteiger partial charge in [-0.1, -0.05) is 57.2 Å². The van der Waals surface area contributed by atoms with Gasteiger partial charge >= 0.3 is 0 Å². The molecule has 1 unspecified atom stereocenters. The molecule has 4 rings (SSSR count). The number of ether oxygens (including phenoxy) is 2. The van der Waals surface area contributed by atoms with Crippen molar-refractivity contribution < 1.29 is 24.2 Å². The number of anilines is 1. The highest BCUT2D eigenvalue weighted by atomic mass is 16.5. The molecule has 0 aromatic heterocycles. The molecule has 0 radical (unpaired) electrons. The molecule has 37 heavy (non-hydrogen) atoms. The molecule has 0 aliphatic carbocycles. The van der Waals surface area contributed by atoms with Gasteiger partial charge in [0.15, 0.2) is 0 Å². The highest BCUT2D eigenvalue weighted by molar-refractivity contribution is 6.51. The number of hydrogen-bond acceptors (Lipinski definition) is 5. The molecule has 1 amide bonds. The molecule has 1 heterocycles. The number of amides is 1. The molecule has 6 heteroatoms. The summed E-state index contributed by atoms with van der Waals surface area (Å²) in [5.41, 5.74) is 2.64. The highest BCUT2D eigenvalue weighted by Crippen LogP contribution is 2.43. The van der Waals surface area contributed by atoms with Crippen molar-refractivity contribution in [3.8, 4) is 11.5 Å². The van der Waals surface area contributed by atoms with Crippen molar-refractivity contribution in [1.29, 1.82) is 0 Å². The normalized spacial score (nSPS) is 16.9. The van der Waals surface area contributed by atoms with Crippen molar-refractivity contribution in [1.82, 2.24) is 0 Å². The van der Waals surface area contributed by atoms with Gasteiger partial charge in [0.05, 0.1) is 24.8 Å². The van der Waals surface area contributed by atoms with E-state index in [2.05, 4.69) is 13.8 Å². The van der Waals surface area contributed by atoms with Crippen molar-refractivity contribution in [2.24, 2.45) is 5.92 Å². The Morgan fingerprint density at radius 3 is 2.35 bits per heavy atom. The second-order valence-corrected chi connectivity index (χ2v) is 9.66. The summed E-state index contributed by atoms with van der Waals surface area (Å²) in [7, 11) is 0. The number of aryl methyl sites for hydroxylation is 1. The number of rotatable bonds is 9. The van der Waals surface area contributed by atoms with Crippen LogP contribution >= 0.6 is 0 Å². The fourth-order valence-electron chi connectivity index (χ4n) is 4.34.